The number of hydrogen-bond donors (Lipinski definition) is 1. The normalized spacial score (nSPS) is 25.1. The predicted octanol–water partition coefficient (Wildman–Crippen LogP) is 3.72. The average Bonchev–Trinajstić information content (AvgIpc) is 3.46. The van der Waals surface area contributed by atoms with Crippen molar-refractivity contribution in [2.75, 3.05) is 43.4 Å². The second-order valence-electron chi connectivity index (χ2n) is 10.2. The fourth-order valence-electron chi connectivity index (χ4n) is 6.09. The minimum atomic E-state index is 0.0338. The Kier molecular flexibility index (Phi) is 5.29. The summed E-state index contributed by atoms with van der Waals surface area (Å²) in [7, 11) is 2.17. The number of nitrogens with zero attached hydrogens (tertiary/aromatic N) is 5. The molecule has 2 aliphatic carbocycles. The first-order chi connectivity index (χ1) is 16.1. The highest BCUT2D eigenvalue weighted by molar-refractivity contribution is 5.75. The van der Waals surface area contributed by atoms with Crippen LogP contribution in [0.1, 0.15) is 25.7 Å². The third-order valence-electron chi connectivity index (χ3n) is 8.02. The standard InChI is InChI=1S/C26H32N6O/c1-30-10-12-31(13-11-30)23-7-5-22(6-8-23)28-26-27-16-20-4-9-24(33)32(25(20)29-26)17-21-15-18-2-3-19(21)14-18/h4-9,16,18-19,21H,2-3,10-15,17H2,1H3,(H,27,28,29). The highest BCUT2D eigenvalue weighted by Gasteiger charge is 2.39. The van der Waals surface area contributed by atoms with Crippen LogP contribution in [0.25, 0.3) is 11.0 Å². The molecule has 3 heterocycles. The molecule has 1 N–H and O–H groups in total. The molecule has 3 aromatic rings. The van der Waals surface area contributed by atoms with Crippen molar-refractivity contribution in [3.8, 4) is 0 Å². The van der Waals surface area contributed by atoms with Gasteiger partial charge in [0.05, 0.1) is 0 Å². The quantitative estimate of drug-likeness (QED) is 0.647. The third kappa shape index (κ3) is 4.10. The summed E-state index contributed by atoms with van der Waals surface area (Å²) >= 11 is 0. The van der Waals surface area contributed by atoms with Crippen molar-refractivity contribution in [3.63, 3.8) is 0 Å². The van der Waals surface area contributed by atoms with Crippen molar-refractivity contribution in [2.45, 2.75) is 32.2 Å². The molecular formula is C26H32N6O. The Labute approximate surface area is 194 Å². The van der Waals surface area contributed by atoms with Crippen molar-refractivity contribution in [1.29, 1.82) is 0 Å². The highest BCUT2D eigenvalue weighted by atomic mass is 16.1. The maximum atomic E-state index is 12.8. The number of piperazine rings is 1. The van der Waals surface area contributed by atoms with Gasteiger partial charge in [-0.05, 0) is 74.4 Å². The van der Waals surface area contributed by atoms with Gasteiger partial charge >= 0.3 is 0 Å². The lowest BCUT2D eigenvalue weighted by Gasteiger charge is -2.34. The largest absolute Gasteiger partial charge is 0.369 e. The molecule has 7 heteroatoms. The van der Waals surface area contributed by atoms with Gasteiger partial charge in [0, 0.05) is 61.7 Å². The summed E-state index contributed by atoms with van der Waals surface area (Å²) in [5.74, 6) is 2.77. The van der Waals surface area contributed by atoms with Crippen LogP contribution in [0.15, 0.2) is 47.4 Å². The van der Waals surface area contributed by atoms with Gasteiger partial charge < -0.3 is 15.1 Å². The maximum absolute atomic E-state index is 12.8. The summed E-state index contributed by atoms with van der Waals surface area (Å²) in [6, 6.07) is 12.0. The first-order valence-corrected chi connectivity index (χ1v) is 12.3. The smallest absolute Gasteiger partial charge is 0.252 e. The van der Waals surface area contributed by atoms with E-state index in [1.807, 2.05) is 16.8 Å². The molecule has 0 spiro atoms. The van der Waals surface area contributed by atoms with E-state index in [1.165, 1.54) is 31.4 Å². The maximum Gasteiger partial charge on any atom is 0.252 e. The molecule has 0 radical (unpaired) electrons. The van der Waals surface area contributed by atoms with E-state index in [-0.39, 0.29) is 5.56 Å². The van der Waals surface area contributed by atoms with Crippen LogP contribution in [0.4, 0.5) is 17.3 Å². The van der Waals surface area contributed by atoms with E-state index >= 15 is 0 Å². The molecule has 2 aromatic heterocycles. The molecule has 3 unspecified atom stereocenters. The zero-order chi connectivity index (χ0) is 22.4. The molecule has 3 aliphatic rings. The van der Waals surface area contributed by atoms with Gasteiger partial charge in [-0.1, -0.05) is 6.42 Å². The zero-order valence-electron chi connectivity index (χ0n) is 19.3. The Morgan fingerprint density at radius 3 is 2.55 bits per heavy atom. The molecule has 3 atom stereocenters. The van der Waals surface area contributed by atoms with Gasteiger partial charge in [-0.25, -0.2) is 4.98 Å². The number of likely N-dealkylation sites (N-methyl/N-ethyl adjacent to an activating group) is 1. The monoisotopic (exact) mass is 444 g/mol. The highest BCUT2D eigenvalue weighted by Crippen LogP contribution is 2.48. The number of anilines is 3. The van der Waals surface area contributed by atoms with Gasteiger partial charge in [-0.15, -0.1) is 0 Å². The summed E-state index contributed by atoms with van der Waals surface area (Å²) in [4.78, 5) is 26.9. The Hall–Kier alpha value is -2.93. The lowest BCUT2D eigenvalue weighted by atomic mass is 9.89. The lowest BCUT2D eigenvalue weighted by molar-refractivity contribution is 0.295. The zero-order valence-corrected chi connectivity index (χ0v) is 19.3. The van der Waals surface area contributed by atoms with Crippen LogP contribution in [-0.4, -0.2) is 52.7 Å². The molecule has 3 fully saturated rings. The summed E-state index contributed by atoms with van der Waals surface area (Å²) in [5, 5.41) is 4.25. The van der Waals surface area contributed by atoms with E-state index in [9.17, 15) is 4.79 Å². The number of nitrogens with one attached hydrogen (secondary N) is 1. The lowest BCUT2D eigenvalue weighted by Crippen LogP contribution is -2.44. The fraction of sp³-hybridized carbons (Fsp3) is 0.500. The van der Waals surface area contributed by atoms with Crippen molar-refractivity contribution in [3.05, 3.63) is 52.9 Å². The molecule has 2 saturated carbocycles. The van der Waals surface area contributed by atoms with Gasteiger partial charge in [0.25, 0.3) is 5.56 Å². The average molecular weight is 445 g/mol. The molecule has 2 bridgehead atoms. The summed E-state index contributed by atoms with van der Waals surface area (Å²) < 4.78 is 1.88. The van der Waals surface area contributed by atoms with Crippen LogP contribution >= 0.6 is 0 Å². The molecule has 7 nitrogen and oxygen atoms in total. The molecule has 0 amide bonds. The van der Waals surface area contributed by atoms with E-state index in [1.54, 1.807) is 6.07 Å². The third-order valence-corrected chi connectivity index (χ3v) is 8.02. The van der Waals surface area contributed by atoms with Crippen LogP contribution in [0.2, 0.25) is 0 Å². The molecule has 1 aliphatic heterocycles. The molecular weight excluding hydrogens is 412 g/mol. The van der Waals surface area contributed by atoms with Crippen molar-refractivity contribution < 1.29 is 0 Å². The number of hydrogen-bond acceptors (Lipinski definition) is 6. The molecule has 1 aromatic carbocycles. The van der Waals surface area contributed by atoms with E-state index in [0.717, 1.165) is 61.3 Å². The molecule has 6 rings (SSSR count). The summed E-state index contributed by atoms with van der Waals surface area (Å²) in [6.07, 6.45) is 7.11. The van der Waals surface area contributed by atoms with Crippen LogP contribution in [0.3, 0.4) is 0 Å². The number of aromatic nitrogens is 3. The summed E-state index contributed by atoms with van der Waals surface area (Å²) in [5.41, 5.74) is 2.96. The Balaban J connectivity index is 1.22. The minimum absolute atomic E-state index is 0.0338. The number of rotatable bonds is 5. The SMILES string of the molecule is CN1CCN(c2ccc(Nc3ncc4ccc(=O)n(CC5CC6CCC5C6)c4n3)cc2)CC1. The summed E-state index contributed by atoms with van der Waals surface area (Å²) in [6.45, 7) is 5.06. The van der Waals surface area contributed by atoms with Crippen LogP contribution in [-0.2, 0) is 6.54 Å². The van der Waals surface area contributed by atoms with E-state index in [4.69, 9.17) is 4.98 Å². The number of benzene rings is 1. The van der Waals surface area contributed by atoms with E-state index in [0.29, 0.717) is 11.9 Å². The molecule has 33 heavy (non-hydrogen) atoms. The molecule has 172 valence electrons. The Morgan fingerprint density at radius 2 is 1.82 bits per heavy atom. The van der Waals surface area contributed by atoms with Gasteiger partial charge in [-0.3, -0.25) is 9.36 Å². The van der Waals surface area contributed by atoms with Gasteiger partial charge in [-0.2, -0.15) is 4.98 Å². The Bertz CT molecular complexity index is 1200. The number of pyridine rings is 1. The second-order valence-corrected chi connectivity index (χ2v) is 10.2. The van der Waals surface area contributed by atoms with Crippen LogP contribution in [0.5, 0.6) is 0 Å². The van der Waals surface area contributed by atoms with Gasteiger partial charge in [0.1, 0.15) is 5.65 Å². The minimum Gasteiger partial charge on any atom is -0.369 e. The number of fused-ring (bicyclic) bond motifs is 3. The van der Waals surface area contributed by atoms with E-state index < -0.39 is 0 Å². The van der Waals surface area contributed by atoms with Crippen molar-refractivity contribution in [1.82, 2.24) is 19.4 Å². The van der Waals surface area contributed by atoms with Gasteiger partial charge in [0.2, 0.25) is 5.95 Å². The second kappa shape index (κ2) is 8.45. The first-order valence-electron chi connectivity index (χ1n) is 12.3. The van der Waals surface area contributed by atoms with Crippen molar-refractivity contribution >= 4 is 28.4 Å². The Morgan fingerprint density at radius 1 is 1.00 bits per heavy atom. The van der Waals surface area contributed by atoms with E-state index in [2.05, 4.69) is 51.4 Å². The first kappa shape index (κ1) is 20.7. The topological polar surface area (TPSA) is 66.3 Å². The fourth-order valence-corrected chi connectivity index (χ4v) is 6.09. The molecule has 1 saturated heterocycles. The predicted molar refractivity (Wildman–Crippen MR) is 132 cm³/mol. The van der Waals surface area contributed by atoms with Gasteiger partial charge in [0.15, 0.2) is 0 Å². The van der Waals surface area contributed by atoms with Crippen LogP contribution < -0.4 is 15.8 Å². The van der Waals surface area contributed by atoms with Crippen molar-refractivity contribution in [2.24, 2.45) is 17.8 Å². The van der Waals surface area contributed by atoms with Crippen LogP contribution in [0, 0.1) is 17.8 Å².